The highest BCUT2D eigenvalue weighted by Gasteiger charge is 2.32. The molecule has 0 aliphatic carbocycles. The van der Waals surface area contributed by atoms with Gasteiger partial charge in [-0.1, -0.05) is 0 Å². The van der Waals surface area contributed by atoms with Gasteiger partial charge in [-0.15, -0.1) is 24.5 Å². The Morgan fingerprint density at radius 1 is 1.11 bits per heavy atom. The third kappa shape index (κ3) is 4.80. The van der Waals surface area contributed by atoms with Crippen molar-refractivity contribution in [3.05, 3.63) is 40.8 Å². The van der Waals surface area contributed by atoms with Gasteiger partial charge in [-0.3, -0.25) is 4.79 Å². The van der Waals surface area contributed by atoms with Gasteiger partial charge in [0.05, 0.1) is 10.4 Å². The van der Waals surface area contributed by atoms with Crippen molar-refractivity contribution in [2.75, 3.05) is 26.2 Å². The van der Waals surface area contributed by atoms with E-state index in [1.165, 1.54) is 15.6 Å². The number of alkyl halides is 3. The van der Waals surface area contributed by atoms with Crippen molar-refractivity contribution in [3.8, 4) is 5.75 Å². The molecule has 0 saturated carbocycles. The first-order valence-electron chi connectivity index (χ1n) is 8.20. The van der Waals surface area contributed by atoms with Crippen molar-refractivity contribution < 1.29 is 31.1 Å². The Balaban J connectivity index is 1.69. The first-order valence-corrected chi connectivity index (χ1v) is 10.6. The van der Waals surface area contributed by atoms with Crippen LogP contribution in [0.15, 0.2) is 40.1 Å². The highest BCUT2D eigenvalue weighted by molar-refractivity contribution is 7.89. The molecule has 1 aliphatic heterocycles. The molecule has 1 amide bonds. The third-order valence-corrected chi connectivity index (χ3v) is 6.59. The van der Waals surface area contributed by atoms with Crippen LogP contribution in [0.3, 0.4) is 0 Å². The van der Waals surface area contributed by atoms with Crippen LogP contribution in [0.5, 0.6) is 5.75 Å². The first kappa shape index (κ1) is 20.6. The fourth-order valence-corrected chi connectivity index (χ4v) is 4.78. The summed E-state index contributed by atoms with van der Waals surface area (Å²) < 4.78 is 67.2. The van der Waals surface area contributed by atoms with Crippen molar-refractivity contribution in [2.45, 2.75) is 17.7 Å². The quantitative estimate of drug-likeness (QED) is 0.738. The standard InChI is InChI=1S/C16H16F3N3O4S2/c17-16(18,19)26-12-2-4-13(5-3-12)28(24,25)22-7-1-6-21(8-9-22)15(23)14-10-27-11-20-14/h2-5,10-11H,1,6-9H2. The van der Waals surface area contributed by atoms with E-state index in [1.807, 2.05) is 0 Å². The summed E-state index contributed by atoms with van der Waals surface area (Å²) in [6.45, 7) is 0.870. The fourth-order valence-electron chi connectivity index (χ4n) is 2.78. The number of hydrogen-bond acceptors (Lipinski definition) is 6. The molecule has 2 aromatic rings. The smallest absolute Gasteiger partial charge is 0.406 e. The number of thiazole rings is 1. The summed E-state index contributed by atoms with van der Waals surface area (Å²) in [5, 5.41) is 1.63. The Labute approximate surface area is 163 Å². The zero-order chi connectivity index (χ0) is 20.4. The molecule has 1 saturated heterocycles. The highest BCUT2D eigenvalue weighted by Crippen LogP contribution is 2.25. The minimum absolute atomic E-state index is 0.0824. The lowest BCUT2D eigenvalue weighted by atomic mass is 10.3. The number of sulfonamides is 1. The molecule has 0 N–H and O–H groups in total. The molecule has 1 aromatic carbocycles. The number of halogens is 3. The summed E-state index contributed by atoms with van der Waals surface area (Å²) in [6.07, 6.45) is -4.41. The maximum Gasteiger partial charge on any atom is 0.573 e. The molecule has 1 aliphatic rings. The maximum atomic E-state index is 12.8. The van der Waals surface area contributed by atoms with E-state index in [0.29, 0.717) is 18.7 Å². The predicted octanol–water partition coefficient (Wildman–Crippen LogP) is 2.58. The van der Waals surface area contributed by atoms with Gasteiger partial charge in [0.1, 0.15) is 11.4 Å². The summed E-state index contributed by atoms with van der Waals surface area (Å²) in [6, 6.07) is 4.05. The normalized spacial score (nSPS) is 16.6. The number of amides is 1. The Hall–Kier alpha value is -2.18. The number of aromatic nitrogens is 1. The SMILES string of the molecule is O=C(c1cscn1)N1CCCN(S(=O)(=O)c2ccc(OC(F)(F)F)cc2)CC1. The van der Waals surface area contributed by atoms with Crippen LogP contribution in [0.4, 0.5) is 13.2 Å². The van der Waals surface area contributed by atoms with E-state index in [0.717, 1.165) is 24.3 Å². The van der Waals surface area contributed by atoms with Crippen LogP contribution in [0.2, 0.25) is 0 Å². The number of nitrogens with zero attached hydrogens (tertiary/aromatic N) is 3. The molecule has 1 aromatic heterocycles. The predicted molar refractivity (Wildman–Crippen MR) is 94.5 cm³/mol. The Bertz CT molecular complexity index is 916. The van der Waals surface area contributed by atoms with Gasteiger partial charge in [0.25, 0.3) is 5.91 Å². The zero-order valence-electron chi connectivity index (χ0n) is 14.4. The summed E-state index contributed by atoms with van der Waals surface area (Å²) in [5.41, 5.74) is 1.87. The minimum atomic E-state index is -4.85. The van der Waals surface area contributed by atoms with E-state index in [-0.39, 0.29) is 30.4 Å². The average molecular weight is 435 g/mol. The molecule has 28 heavy (non-hydrogen) atoms. The molecule has 2 heterocycles. The van der Waals surface area contributed by atoms with Gasteiger partial charge >= 0.3 is 6.36 Å². The van der Waals surface area contributed by atoms with Gasteiger partial charge in [0, 0.05) is 31.6 Å². The molecule has 0 bridgehead atoms. The lowest BCUT2D eigenvalue weighted by Gasteiger charge is -2.21. The summed E-state index contributed by atoms with van der Waals surface area (Å²) in [5.74, 6) is -0.753. The summed E-state index contributed by atoms with van der Waals surface area (Å²) in [4.78, 5) is 17.8. The van der Waals surface area contributed by atoms with Crippen molar-refractivity contribution in [1.82, 2.24) is 14.2 Å². The Morgan fingerprint density at radius 2 is 1.82 bits per heavy atom. The van der Waals surface area contributed by atoms with E-state index >= 15 is 0 Å². The van der Waals surface area contributed by atoms with Crippen LogP contribution in [-0.2, 0) is 10.0 Å². The van der Waals surface area contributed by atoms with Crippen molar-refractivity contribution in [3.63, 3.8) is 0 Å². The molecule has 0 spiro atoms. The third-order valence-electron chi connectivity index (χ3n) is 4.09. The molecule has 7 nitrogen and oxygen atoms in total. The van der Waals surface area contributed by atoms with Gasteiger partial charge in [-0.2, -0.15) is 4.31 Å². The Morgan fingerprint density at radius 3 is 2.43 bits per heavy atom. The molecule has 3 rings (SSSR count). The van der Waals surface area contributed by atoms with Crippen LogP contribution >= 0.6 is 11.3 Å². The summed E-state index contributed by atoms with van der Waals surface area (Å²) in [7, 11) is -3.90. The Kier molecular flexibility index (Phi) is 5.91. The second-order valence-corrected chi connectivity index (χ2v) is 8.60. The van der Waals surface area contributed by atoms with Gasteiger partial charge in [0.2, 0.25) is 10.0 Å². The van der Waals surface area contributed by atoms with Gasteiger partial charge < -0.3 is 9.64 Å². The number of benzene rings is 1. The molecule has 0 atom stereocenters. The van der Waals surface area contributed by atoms with Crippen LogP contribution in [-0.4, -0.2) is 61.1 Å². The maximum absolute atomic E-state index is 12.8. The molecule has 0 unspecified atom stereocenters. The minimum Gasteiger partial charge on any atom is -0.406 e. The molecular weight excluding hydrogens is 419 g/mol. The van der Waals surface area contributed by atoms with Crippen molar-refractivity contribution in [1.29, 1.82) is 0 Å². The van der Waals surface area contributed by atoms with E-state index in [1.54, 1.807) is 15.8 Å². The van der Waals surface area contributed by atoms with E-state index in [4.69, 9.17) is 0 Å². The zero-order valence-corrected chi connectivity index (χ0v) is 16.1. The van der Waals surface area contributed by atoms with Gasteiger partial charge in [-0.05, 0) is 30.7 Å². The molecule has 1 fully saturated rings. The molecule has 0 radical (unpaired) electrons. The van der Waals surface area contributed by atoms with Crippen molar-refractivity contribution in [2.24, 2.45) is 0 Å². The van der Waals surface area contributed by atoms with Gasteiger partial charge in [0.15, 0.2) is 0 Å². The highest BCUT2D eigenvalue weighted by atomic mass is 32.2. The lowest BCUT2D eigenvalue weighted by Crippen LogP contribution is -2.37. The number of ether oxygens (including phenoxy) is 1. The van der Waals surface area contributed by atoms with E-state index in [2.05, 4.69) is 9.72 Å². The summed E-state index contributed by atoms with van der Waals surface area (Å²) >= 11 is 1.30. The number of carbonyl (C=O) groups is 1. The molecule has 152 valence electrons. The van der Waals surface area contributed by atoms with Crippen LogP contribution < -0.4 is 4.74 Å². The second kappa shape index (κ2) is 8.05. The fraction of sp³-hybridized carbons (Fsp3) is 0.375. The van der Waals surface area contributed by atoms with E-state index in [9.17, 15) is 26.4 Å². The largest absolute Gasteiger partial charge is 0.573 e. The van der Waals surface area contributed by atoms with Crippen molar-refractivity contribution >= 4 is 27.3 Å². The number of hydrogen-bond donors (Lipinski definition) is 0. The monoisotopic (exact) mass is 435 g/mol. The first-order chi connectivity index (χ1) is 13.2. The van der Waals surface area contributed by atoms with E-state index < -0.39 is 22.1 Å². The van der Waals surface area contributed by atoms with Crippen LogP contribution in [0, 0.1) is 0 Å². The molecular formula is C16H16F3N3O4S2. The number of carbonyl (C=O) groups excluding carboxylic acids is 1. The second-order valence-electron chi connectivity index (χ2n) is 5.94. The molecule has 12 heteroatoms. The van der Waals surface area contributed by atoms with Gasteiger partial charge in [-0.25, -0.2) is 13.4 Å². The number of rotatable bonds is 4. The lowest BCUT2D eigenvalue weighted by molar-refractivity contribution is -0.274. The topological polar surface area (TPSA) is 79.8 Å². The average Bonchev–Trinajstić information content (AvgIpc) is 3.04. The van der Waals surface area contributed by atoms with Crippen LogP contribution in [0.1, 0.15) is 16.9 Å². The van der Waals surface area contributed by atoms with Crippen LogP contribution in [0.25, 0.3) is 0 Å².